The minimum absolute atomic E-state index is 1.09. The van der Waals surface area contributed by atoms with E-state index in [1.54, 1.807) is 0 Å². The number of anilines is 6. The smallest absolute Gasteiger partial charge is 0.0542 e. The molecule has 13 rings (SSSR count). The third kappa shape index (κ3) is 7.16. The van der Waals surface area contributed by atoms with E-state index in [0.717, 1.165) is 45.4 Å². The first-order chi connectivity index (χ1) is 34.2. The summed E-state index contributed by atoms with van der Waals surface area (Å²) in [5.41, 5.74) is 14.9. The fourth-order valence-electron chi connectivity index (χ4n) is 10.4. The maximum absolute atomic E-state index is 2.41. The Morgan fingerprint density at radius 2 is 0.710 bits per heavy atom. The molecule has 3 nitrogen and oxygen atoms in total. The van der Waals surface area contributed by atoms with Crippen molar-refractivity contribution in [3.8, 4) is 27.9 Å². The predicted octanol–water partition coefficient (Wildman–Crippen LogP) is 18.5. The molecule has 0 unspecified atom stereocenters. The second-order valence-electron chi connectivity index (χ2n) is 17.8. The first kappa shape index (κ1) is 40.1. The Labute approximate surface area is 401 Å². The van der Waals surface area contributed by atoms with Gasteiger partial charge in [-0.15, -0.1) is 0 Å². The summed E-state index contributed by atoms with van der Waals surface area (Å²) in [6.45, 7) is 0. The number of rotatable bonds is 9. The fraction of sp³-hybridized carbons (Fsp3) is 0. The summed E-state index contributed by atoms with van der Waals surface area (Å²) in [7, 11) is 0. The number of benzene rings is 12. The summed E-state index contributed by atoms with van der Waals surface area (Å²) in [6.07, 6.45) is 0. The molecule has 1 aromatic heterocycles. The van der Waals surface area contributed by atoms with Gasteiger partial charge in [0.05, 0.1) is 16.7 Å². The van der Waals surface area contributed by atoms with Gasteiger partial charge in [-0.25, -0.2) is 0 Å². The molecule has 0 saturated heterocycles. The number of hydrogen-bond donors (Lipinski definition) is 0. The maximum Gasteiger partial charge on any atom is 0.0542 e. The lowest BCUT2D eigenvalue weighted by Gasteiger charge is -2.28. The number of nitrogens with zero attached hydrogens (tertiary/aromatic N) is 3. The first-order valence-corrected chi connectivity index (χ1v) is 23.7. The number of para-hydroxylation sites is 2. The van der Waals surface area contributed by atoms with Crippen molar-refractivity contribution in [1.82, 2.24) is 4.57 Å². The molecule has 0 atom stereocenters. The molecule has 0 saturated carbocycles. The lowest BCUT2D eigenvalue weighted by molar-refractivity contribution is 1.18. The normalized spacial score (nSPS) is 11.5. The summed E-state index contributed by atoms with van der Waals surface area (Å²) in [5, 5.41) is 9.67. The quantitative estimate of drug-likeness (QED) is 0.143. The molecule has 0 radical (unpaired) electrons. The van der Waals surface area contributed by atoms with Crippen LogP contribution in [0.15, 0.2) is 273 Å². The Morgan fingerprint density at radius 1 is 0.246 bits per heavy atom. The molecule has 0 amide bonds. The molecule has 0 bridgehead atoms. The van der Waals surface area contributed by atoms with Crippen LogP contribution in [0.5, 0.6) is 0 Å². The Kier molecular flexibility index (Phi) is 9.84. The van der Waals surface area contributed by atoms with E-state index in [-0.39, 0.29) is 0 Å². The highest BCUT2D eigenvalue weighted by Gasteiger charge is 2.21. The molecule has 0 N–H and O–H groups in total. The molecule has 324 valence electrons. The van der Waals surface area contributed by atoms with Crippen molar-refractivity contribution in [1.29, 1.82) is 0 Å². The standard InChI is InChI=1S/C66H45N3/c1-3-15-46(16-4-1)49-27-33-55(34-28-49)68(57-38-30-48-18-8-10-20-52(48)44-57)65-42-40-59(60-23-11-12-24-61(60)65)50-31-35-54(36-32-50)67(56-37-29-47-17-7-9-19-51(47)43-56)58-39-41-66-63(45-58)62-25-13-14-26-64(62)69(66)53-21-5-2-6-22-53/h1-45H. The SMILES string of the molecule is c1ccc(-c2ccc(N(c3ccc4ccccc4c3)c3ccc(-c4ccc(N(c5ccc6ccccc6c5)c5ccc6c(c5)c5ccccc5n6-c5ccccc5)cc4)c4ccccc34)cc2)cc1. The zero-order valence-electron chi connectivity index (χ0n) is 37.8. The lowest BCUT2D eigenvalue weighted by Crippen LogP contribution is -2.11. The van der Waals surface area contributed by atoms with Crippen LogP contribution in [0.4, 0.5) is 34.1 Å². The van der Waals surface area contributed by atoms with Crippen LogP contribution in [-0.2, 0) is 0 Å². The van der Waals surface area contributed by atoms with Crippen molar-refractivity contribution in [2.24, 2.45) is 0 Å². The van der Waals surface area contributed by atoms with Gasteiger partial charge in [-0.2, -0.15) is 0 Å². The monoisotopic (exact) mass is 879 g/mol. The van der Waals surface area contributed by atoms with Crippen LogP contribution in [-0.4, -0.2) is 4.57 Å². The van der Waals surface area contributed by atoms with Crippen LogP contribution in [0, 0.1) is 0 Å². The number of aromatic nitrogens is 1. The highest BCUT2D eigenvalue weighted by molar-refractivity contribution is 6.11. The Balaban J connectivity index is 0.928. The summed E-state index contributed by atoms with van der Waals surface area (Å²) in [5.74, 6) is 0. The zero-order valence-corrected chi connectivity index (χ0v) is 37.8. The molecule has 13 aromatic rings. The number of hydrogen-bond acceptors (Lipinski definition) is 2. The Bertz CT molecular complexity index is 4000. The minimum atomic E-state index is 1.09. The average molecular weight is 880 g/mol. The van der Waals surface area contributed by atoms with E-state index < -0.39 is 0 Å². The van der Waals surface area contributed by atoms with Crippen molar-refractivity contribution < 1.29 is 0 Å². The molecular weight excluding hydrogens is 835 g/mol. The van der Waals surface area contributed by atoms with E-state index in [4.69, 9.17) is 0 Å². The average Bonchev–Trinajstić information content (AvgIpc) is 3.75. The lowest BCUT2D eigenvalue weighted by atomic mass is 9.95. The van der Waals surface area contributed by atoms with Crippen molar-refractivity contribution in [2.75, 3.05) is 9.80 Å². The largest absolute Gasteiger partial charge is 0.310 e. The van der Waals surface area contributed by atoms with Crippen molar-refractivity contribution in [3.05, 3.63) is 273 Å². The second-order valence-corrected chi connectivity index (χ2v) is 17.8. The molecule has 0 aliphatic heterocycles. The summed E-state index contributed by atoms with van der Waals surface area (Å²) >= 11 is 0. The molecule has 1 heterocycles. The van der Waals surface area contributed by atoms with Gasteiger partial charge in [0, 0.05) is 50.3 Å². The van der Waals surface area contributed by atoms with Gasteiger partial charge in [-0.3, -0.25) is 0 Å². The molecule has 12 aromatic carbocycles. The topological polar surface area (TPSA) is 11.4 Å². The van der Waals surface area contributed by atoms with Crippen LogP contribution in [0.2, 0.25) is 0 Å². The fourth-order valence-corrected chi connectivity index (χ4v) is 10.4. The van der Waals surface area contributed by atoms with Gasteiger partial charge in [0.2, 0.25) is 0 Å². The van der Waals surface area contributed by atoms with E-state index in [9.17, 15) is 0 Å². The summed E-state index contributed by atoms with van der Waals surface area (Å²) < 4.78 is 2.38. The highest BCUT2D eigenvalue weighted by atomic mass is 15.1. The third-order valence-electron chi connectivity index (χ3n) is 13.7. The second kappa shape index (κ2) is 16.9. The molecular formula is C66H45N3. The molecule has 3 heteroatoms. The Morgan fingerprint density at radius 3 is 1.39 bits per heavy atom. The molecule has 0 aliphatic carbocycles. The van der Waals surface area contributed by atoms with E-state index in [1.807, 2.05) is 0 Å². The van der Waals surface area contributed by atoms with Gasteiger partial charge in [-0.05, 0) is 140 Å². The predicted molar refractivity (Wildman–Crippen MR) is 294 cm³/mol. The van der Waals surface area contributed by atoms with Crippen LogP contribution in [0.25, 0.3) is 82.1 Å². The van der Waals surface area contributed by atoms with Gasteiger partial charge < -0.3 is 14.4 Å². The van der Waals surface area contributed by atoms with Gasteiger partial charge in [0.15, 0.2) is 0 Å². The van der Waals surface area contributed by atoms with Gasteiger partial charge in [-0.1, -0.05) is 182 Å². The van der Waals surface area contributed by atoms with Gasteiger partial charge in [0.25, 0.3) is 0 Å². The minimum Gasteiger partial charge on any atom is -0.310 e. The van der Waals surface area contributed by atoms with E-state index in [2.05, 4.69) is 287 Å². The highest BCUT2D eigenvalue weighted by Crippen LogP contribution is 2.45. The molecule has 0 spiro atoms. The zero-order chi connectivity index (χ0) is 45.7. The molecule has 0 fully saturated rings. The van der Waals surface area contributed by atoms with Crippen molar-refractivity contribution >= 4 is 88.2 Å². The first-order valence-electron chi connectivity index (χ1n) is 23.7. The van der Waals surface area contributed by atoms with E-state index in [0.29, 0.717) is 0 Å². The van der Waals surface area contributed by atoms with E-state index >= 15 is 0 Å². The van der Waals surface area contributed by atoms with Gasteiger partial charge >= 0.3 is 0 Å². The molecule has 0 aliphatic rings. The van der Waals surface area contributed by atoms with E-state index in [1.165, 1.54) is 70.8 Å². The van der Waals surface area contributed by atoms with Crippen LogP contribution < -0.4 is 9.80 Å². The number of fused-ring (bicyclic) bond motifs is 6. The molecule has 69 heavy (non-hydrogen) atoms. The third-order valence-corrected chi connectivity index (χ3v) is 13.7. The Hall–Kier alpha value is -9.18. The maximum atomic E-state index is 2.41. The summed E-state index contributed by atoms with van der Waals surface area (Å²) in [4.78, 5) is 4.81. The van der Waals surface area contributed by atoms with Gasteiger partial charge in [0.1, 0.15) is 0 Å². The summed E-state index contributed by atoms with van der Waals surface area (Å²) in [6, 6.07) is 99.3. The van der Waals surface area contributed by atoms with Crippen molar-refractivity contribution in [2.45, 2.75) is 0 Å². The van der Waals surface area contributed by atoms with Crippen molar-refractivity contribution in [3.63, 3.8) is 0 Å². The van der Waals surface area contributed by atoms with Crippen LogP contribution in [0.3, 0.4) is 0 Å². The van der Waals surface area contributed by atoms with Crippen LogP contribution in [0.1, 0.15) is 0 Å². The van der Waals surface area contributed by atoms with Crippen LogP contribution >= 0.6 is 0 Å².